The van der Waals surface area contributed by atoms with E-state index in [4.69, 9.17) is 24.4 Å². The van der Waals surface area contributed by atoms with Gasteiger partial charge in [-0.1, -0.05) is 43.2 Å². The highest BCUT2D eigenvalue weighted by atomic mass is 32.1. The summed E-state index contributed by atoms with van der Waals surface area (Å²) >= 11 is 1.64. The van der Waals surface area contributed by atoms with Gasteiger partial charge in [0.15, 0.2) is 6.29 Å². The van der Waals surface area contributed by atoms with Gasteiger partial charge in [0.25, 0.3) is 0 Å². The third kappa shape index (κ3) is 4.88. The van der Waals surface area contributed by atoms with Crippen molar-refractivity contribution in [2.75, 3.05) is 17.2 Å². The van der Waals surface area contributed by atoms with Crippen molar-refractivity contribution in [3.8, 4) is 10.6 Å². The van der Waals surface area contributed by atoms with E-state index in [2.05, 4.69) is 15.6 Å². The van der Waals surface area contributed by atoms with Gasteiger partial charge in [-0.2, -0.15) is 4.98 Å². The van der Waals surface area contributed by atoms with Gasteiger partial charge in [0.2, 0.25) is 5.95 Å². The van der Waals surface area contributed by atoms with E-state index in [9.17, 15) is 5.11 Å². The number of hydrogen-bond acceptors (Lipinski definition) is 10. The lowest BCUT2D eigenvalue weighted by molar-refractivity contribution is -0.0866. The van der Waals surface area contributed by atoms with E-state index in [-0.39, 0.29) is 36.3 Å². The van der Waals surface area contributed by atoms with Gasteiger partial charge in [0.1, 0.15) is 22.4 Å². The average Bonchev–Trinajstić information content (AvgIpc) is 3.48. The zero-order valence-corrected chi connectivity index (χ0v) is 25.4. The number of fused-ring (bicyclic) bond motifs is 2. The van der Waals surface area contributed by atoms with Crippen molar-refractivity contribution >= 4 is 33.3 Å². The molecule has 1 aliphatic heterocycles. The van der Waals surface area contributed by atoms with Gasteiger partial charge < -0.3 is 25.2 Å². The topological polar surface area (TPSA) is 114 Å². The normalized spacial score (nSPS) is 27.9. The molecule has 9 nitrogen and oxygen atoms in total. The van der Waals surface area contributed by atoms with E-state index < -0.39 is 6.29 Å². The highest BCUT2D eigenvalue weighted by Gasteiger charge is 2.52. The molecule has 1 saturated heterocycles. The number of thiazole rings is 1. The Morgan fingerprint density at radius 3 is 2.51 bits per heavy atom. The number of rotatable bonds is 8. The summed E-state index contributed by atoms with van der Waals surface area (Å²) in [5, 5.41) is 18.8. The maximum atomic E-state index is 10.3. The average molecular weight is 599 g/mol. The minimum Gasteiger partial charge on any atom is -0.396 e. The van der Waals surface area contributed by atoms with Crippen LogP contribution in [0.2, 0.25) is 0 Å². The van der Waals surface area contributed by atoms with Crippen LogP contribution in [0, 0.1) is 25.7 Å². The fraction of sp³-hybridized carbons (Fsp3) is 0.515. The summed E-state index contributed by atoms with van der Waals surface area (Å²) in [6.45, 7) is 4.09. The van der Waals surface area contributed by atoms with E-state index in [1.807, 2.05) is 56.4 Å². The molecule has 10 heteroatoms. The third-order valence-electron chi connectivity index (χ3n) is 10.0. The van der Waals surface area contributed by atoms with Gasteiger partial charge in [-0.05, 0) is 57.9 Å². The lowest BCUT2D eigenvalue weighted by atomic mass is 9.96. The highest BCUT2D eigenvalue weighted by Crippen LogP contribution is 2.51. The van der Waals surface area contributed by atoms with Crippen LogP contribution >= 0.6 is 11.3 Å². The molecule has 0 bridgehead atoms. The van der Waals surface area contributed by atoms with Gasteiger partial charge in [-0.15, -0.1) is 11.3 Å². The molecule has 3 aliphatic carbocycles. The van der Waals surface area contributed by atoms with Crippen molar-refractivity contribution in [1.82, 2.24) is 19.9 Å². The quantitative estimate of drug-likeness (QED) is 0.219. The van der Waals surface area contributed by atoms with Gasteiger partial charge in [-0.3, -0.25) is 4.98 Å². The van der Waals surface area contributed by atoms with Crippen molar-refractivity contribution in [3.63, 3.8) is 0 Å². The summed E-state index contributed by atoms with van der Waals surface area (Å²) in [6, 6.07) is 11.9. The predicted octanol–water partition coefficient (Wildman–Crippen LogP) is 6.18. The molecule has 3 N–H and O–H groups in total. The SMILES string of the molecule is Cc1nc(NC2(C3CCCC3)CC2)nc(N[C@@H]2C[C@H](CO)[C@H]3OC(c4ccccc4)O[C@H]32)c1-c1nc2c(C)nccc2s1. The Labute approximate surface area is 255 Å². The Morgan fingerprint density at radius 2 is 1.77 bits per heavy atom. The zero-order valence-electron chi connectivity index (χ0n) is 24.6. The van der Waals surface area contributed by atoms with Crippen molar-refractivity contribution < 1.29 is 14.6 Å². The maximum Gasteiger partial charge on any atom is 0.225 e. The molecule has 4 heterocycles. The highest BCUT2D eigenvalue weighted by molar-refractivity contribution is 7.21. The van der Waals surface area contributed by atoms with E-state index in [0.717, 1.165) is 43.6 Å². The fourth-order valence-electron chi connectivity index (χ4n) is 7.58. The Bertz CT molecular complexity index is 1640. The lowest BCUT2D eigenvalue weighted by Crippen LogP contribution is -2.34. The summed E-state index contributed by atoms with van der Waals surface area (Å²) in [5.74, 6) is 2.07. The van der Waals surface area contributed by atoms with Crippen molar-refractivity contribution in [3.05, 3.63) is 59.5 Å². The first-order valence-electron chi connectivity index (χ1n) is 15.6. The predicted molar refractivity (Wildman–Crippen MR) is 167 cm³/mol. The van der Waals surface area contributed by atoms with E-state index in [1.165, 1.54) is 38.5 Å². The minimum atomic E-state index is -0.459. The van der Waals surface area contributed by atoms with Crippen molar-refractivity contribution in [2.45, 2.75) is 88.9 Å². The number of benzene rings is 1. The van der Waals surface area contributed by atoms with Crippen molar-refractivity contribution in [1.29, 1.82) is 0 Å². The Morgan fingerprint density at radius 1 is 0.977 bits per heavy atom. The summed E-state index contributed by atoms with van der Waals surface area (Å²) in [6.07, 6.45) is 9.19. The smallest absolute Gasteiger partial charge is 0.225 e. The molecule has 43 heavy (non-hydrogen) atoms. The number of aromatic nitrogens is 4. The van der Waals surface area contributed by atoms with Gasteiger partial charge in [-0.25, -0.2) is 9.97 Å². The van der Waals surface area contributed by atoms with Crippen LogP contribution < -0.4 is 10.6 Å². The molecule has 224 valence electrons. The van der Waals surface area contributed by atoms with Crippen LogP contribution in [-0.2, 0) is 9.47 Å². The zero-order chi connectivity index (χ0) is 29.1. The van der Waals surface area contributed by atoms with Gasteiger partial charge in [0, 0.05) is 29.8 Å². The first-order valence-corrected chi connectivity index (χ1v) is 16.5. The molecule has 3 aromatic heterocycles. The molecule has 4 fully saturated rings. The van der Waals surface area contributed by atoms with Gasteiger partial charge >= 0.3 is 0 Å². The van der Waals surface area contributed by atoms with E-state index in [1.54, 1.807) is 11.3 Å². The second-order valence-corrected chi connectivity index (χ2v) is 13.8. The molecule has 3 saturated carbocycles. The summed E-state index contributed by atoms with van der Waals surface area (Å²) in [4.78, 5) is 19.7. The Balaban J connectivity index is 1.16. The molecule has 5 atom stereocenters. The summed E-state index contributed by atoms with van der Waals surface area (Å²) in [7, 11) is 0. The summed E-state index contributed by atoms with van der Waals surface area (Å²) < 4.78 is 14.0. The van der Waals surface area contributed by atoms with Crippen LogP contribution in [0.3, 0.4) is 0 Å². The monoisotopic (exact) mass is 598 g/mol. The number of anilines is 2. The number of nitrogens with zero attached hydrogens (tertiary/aromatic N) is 4. The molecule has 1 aromatic carbocycles. The van der Waals surface area contributed by atoms with E-state index >= 15 is 0 Å². The molecule has 0 radical (unpaired) electrons. The molecular formula is C33H38N6O3S. The van der Waals surface area contributed by atoms with Crippen molar-refractivity contribution in [2.24, 2.45) is 11.8 Å². The Kier molecular flexibility index (Phi) is 6.85. The van der Waals surface area contributed by atoms with Crippen LogP contribution in [0.1, 0.15) is 68.2 Å². The van der Waals surface area contributed by atoms with E-state index in [0.29, 0.717) is 18.3 Å². The number of aryl methyl sites for hydroxylation is 2. The molecular weight excluding hydrogens is 560 g/mol. The van der Waals surface area contributed by atoms with Crippen LogP contribution in [0.15, 0.2) is 42.6 Å². The second-order valence-electron chi connectivity index (χ2n) is 12.8. The number of pyridine rings is 1. The molecule has 1 unspecified atom stereocenters. The number of nitrogens with one attached hydrogen (secondary N) is 2. The van der Waals surface area contributed by atoms with Crippen LogP contribution in [0.4, 0.5) is 11.8 Å². The molecule has 0 spiro atoms. The minimum absolute atomic E-state index is 0.0338. The largest absolute Gasteiger partial charge is 0.396 e. The second kappa shape index (κ2) is 10.8. The van der Waals surface area contributed by atoms with Crippen LogP contribution in [0.5, 0.6) is 0 Å². The number of ether oxygens (including phenoxy) is 2. The van der Waals surface area contributed by atoms with Crippen LogP contribution in [-0.4, -0.2) is 55.4 Å². The van der Waals surface area contributed by atoms with Crippen LogP contribution in [0.25, 0.3) is 20.8 Å². The molecule has 0 amide bonds. The standard InChI is InChI=1S/C33H38N6O3S/c1-18-25(30-37-26-19(2)34-15-12-24(26)43-30)29(38-32(35-18)39-33(13-14-33)22-10-6-7-11-22)36-23-16-21(17-40)27-28(23)42-31(41-27)20-8-4-3-5-9-20/h3-5,8-9,12,15,21-23,27-28,31,40H,6-7,10-11,13-14,16-17H2,1-2H3,(H2,35,36,38,39)/t21-,23-,27-,28+,31?/m1/s1. The Hall–Kier alpha value is -3.18. The molecule has 8 rings (SSSR count). The fourth-order valence-corrected chi connectivity index (χ4v) is 8.69. The summed E-state index contributed by atoms with van der Waals surface area (Å²) in [5.41, 5.74) is 4.70. The number of hydrogen-bond donors (Lipinski definition) is 3. The van der Waals surface area contributed by atoms with Gasteiger partial charge in [0.05, 0.1) is 33.8 Å². The first kappa shape index (κ1) is 27.4. The lowest BCUT2D eigenvalue weighted by Gasteiger charge is -2.26. The maximum absolute atomic E-state index is 10.3. The third-order valence-corrected chi connectivity index (χ3v) is 11.0. The molecule has 4 aliphatic rings. The molecule has 4 aromatic rings. The first-order chi connectivity index (χ1) is 21.0. The number of aliphatic hydroxyl groups is 1. The number of aliphatic hydroxyl groups excluding tert-OH is 1.